The van der Waals surface area contributed by atoms with Gasteiger partial charge in [-0.2, -0.15) is 4.98 Å². The molecule has 0 saturated carbocycles. The maximum Gasteiger partial charge on any atom is 0.273 e. The molecule has 1 amide bonds. The van der Waals surface area contributed by atoms with E-state index in [0.29, 0.717) is 24.0 Å². The van der Waals surface area contributed by atoms with Crippen molar-refractivity contribution in [1.29, 1.82) is 0 Å². The summed E-state index contributed by atoms with van der Waals surface area (Å²) in [5.74, 6) is 0.775. The minimum absolute atomic E-state index is 0.0422. The molecule has 2 aromatic rings. The summed E-state index contributed by atoms with van der Waals surface area (Å²) in [7, 11) is 1.53. The van der Waals surface area contributed by atoms with Crippen LogP contribution in [-0.4, -0.2) is 52.1 Å². The van der Waals surface area contributed by atoms with Crippen LogP contribution in [0.1, 0.15) is 28.3 Å². The predicted octanol–water partition coefficient (Wildman–Crippen LogP) is 1.93. The number of aryl methyl sites for hydroxylation is 1. The minimum atomic E-state index is -0.103. The molecule has 0 aromatic carbocycles. The van der Waals surface area contributed by atoms with Crippen LogP contribution in [0.5, 0.6) is 11.8 Å². The molecule has 3 heterocycles. The Morgan fingerprint density at radius 3 is 2.91 bits per heavy atom. The van der Waals surface area contributed by atoms with E-state index in [4.69, 9.17) is 9.47 Å². The maximum atomic E-state index is 12.5. The van der Waals surface area contributed by atoms with Crippen molar-refractivity contribution in [2.24, 2.45) is 0 Å². The first-order valence-corrected chi connectivity index (χ1v) is 8.28. The smallest absolute Gasteiger partial charge is 0.273 e. The lowest BCUT2D eigenvalue weighted by atomic mass is 10.1. The maximum absolute atomic E-state index is 12.5. The Labute approximate surface area is 138 Å². The molecule has 1 saturated heterocycles. The van der Waals surface area contributed by atoms with Crippen molar-refractivity contribution >= 4 is 17.2 Å². The van der Waals surface area contributed by atoms with Crippen LogP contribution in [0.25, 0.3) is 0 Å². The third kappa shape index (κ3) is 3.76. The van der Waals surface area contributed by atoms with Gasteiger partial charge in [0.05, 0.1) is 31.1 Å². The lowest BCUT2D eigenvalue weighted by Gasteiger charge is -2.32. The highest BCUT2D eigenvalue weighted by molar-refractivity contribution is 7.09. The Hall–Kier alpha value is -2.22. The number of rotatable bonds is 4. The average molecular weight is 334 g/mol. The fourth-order valence-corrected chi connectivity index (χ4v) is 3.09. The van der Waals surface area contributed by atoms with Gasteiger partial charge in [0.25, 0.3) is 5.91 Å². The van der Waals surface area contributed by atoms with Crippen LogP contribution >= 0.6 is 11.3 Å². The molecular formula is C15H18N4O3S. The van der Waals surface area contributed by atoms with Crippen molar-refractivity contribution < 1.29 is 14.3 Å². The molecule has 8 heteroatoms. The number of aromatic nitrogens is 3. The van der Waals surface area contributed by atoms with E-state index < -0.39 is 0 Å². The molecule has 0 spiro atoms. The van der Waals surface area contributed by atoms with E-state index in [9.17, 15) is 4.79 Å². The average Bonchev–Trinajstić information content (AvgIpc) is 3.01. The number of ether oxygens (including phenoxy) is 2. The summed E-state index contributed by atoms with van der Waals surface area (Å²) in [4.78, 5) is 26.8. The highest BCUT2D eigenvalue weighted by atomic mass is 32.1. The molecule has 1 unspecified atom stereocenters. The van der Waals surface area contributed by atoms with Crippen LogP contribution in [-0.2, 0) is 0 Å². The number of amides is 1. The molecular weight excluding hydrogens is 316 g/mol. The number of methoxy groups -OCH3 is 1. The summed E-state index contributed by atoms with van der Waals surface area (Å²) in [5, 5.41) is 2.69. The second-order valence-electron chi connectivity index (χ2n) is 5.28. The number of piperidine rings is 1. The third-order valence-corrected chi connectivity index (χ3v) is 4.36. The monoisotopic (exact) mass is 334 g/mol. The van der Waals surface area contributed by atoms with Gasteiger partial charge in [-0.15, -0.1) is 11.3 Å². The van der Waals surface area contributed by atoms with Crippen molar-refractivity contribution in [3.63, 3.8) is 0 Å². The van der Waals surface area contributed by atoms with Crippen LogP contribution in [0, 0.1) is 6.92 Å². The van der Waals surface area contributed by atoms with Crippen LogP contribution in [0.2, 0.25) is 0 Å². The standard InChI is InChI=1S/C15H18N4O3S/c1-10-17-12(9-23-10)15(20)19-5-3-4-11(8-19)22-14-7-16-6-13(18-14)21-2/h6-7,9,11H,3-5,8H2,1-2H3. The molecule has 1 aliphatic heterocycles. The Bertz CT molecular complexity index is 691. The highest BCUT2D eigenvalue weighted by Gasteiger charge is 2.27. The van der Waals surface area contributed by atoms with Gasteiger partial charge in [-0.3, -0.25) is 9.78 Å². The van der Waals surface area contributed by atoms with Crippen molar-refractivity contribution in [3.05, 3.63) is 28.5 Å². The SMILES string of the molecule is COc1cncc(OC2CCCN(C(=O)c3csc(C)n3)C2)n1. The van der Waals surface area contributed by atoms with Crippen molar-refractivity contribution in [1.82, 2.24) is 19.9 Å². The van der Waals surface area contributed by atoms with E-state index in [1.54, 1.807) is 16.5 Å². The Morgan fingerprint density at radius 1 is 1.35 bits per heavy atom. The molecule has 1 aliphatic rings. The number of likely N-dealkylation sites (tertiary alicyclic amines) is 1. The van der Waals surface area contributed by atoms with Crippen LogP contribution < -0.4 is 9.47 Å². The lowest BCUT2D eigenvalue weighted by molar-refractivity contribution is 0.0521. The topological polar surface area (TPSA) is 77.4 Å². The van der Waals surface area contributed by atoms with Crippen LogP contribution in [0.15, 0.2) is 17.8 Å². The zero-order valence-electron chi connectivity index (χ0n) is 13.1. The van der Waals surface area contributed by atoms with Crippen molar-refractivity contribution in [2.75, 3.05) is 20.2 Å². The summed E-state index contributed by atoms with van der Waals surface area (Å²) >= 11 is 1.48. The zero-order valence-corrected chi connectivity index (χ0v) is 13.9. The lowest BCUT2D eigenvalue weighted by Crippen LogP contribution is -2.44. The normalized spacial score (nSPS) is 17.8. The molecule has 0 aliphatic carbocycles. The Balaban J connectivity index is 1.64. The molecule has 0 bridgehead atoms. The predicted molar refractivity (Wildman–Crippen MR) is 85.0 cm³/mol. The first-order valence-electron chi connectivity index (χ1n) is 7.40. The van der Waals surface area contributed by atoms with Gasteiger partial charge in [0.2, 0.25) is 11.8 Å². The van der Waals surface area contributed by atoms with Gasteiger partial charge in [-0.25, -0.2) is 4.98 Å². The number of carbonyl (C=O) groups is 1. The third-order valence-electron chi connectivity index (χ3n) is 3.59. The number of hydrogen-bond acceptors (Lipinski definition) is 7. The highest BCUT2D eigenvalue weighted by Crippen LogP contribution is 2.20. The van der Waals surface area contributed by atoms with Gasteiger partial charge in [0.15, 0.2) is 0 Å². The van der Waals surface area contributed by atoms with E-state index in [2.05, 4.69) is 15.0 Å². The van der Waals surface area contributed by atoms with Gasteiger partial charge in [-0.1, -0.05) is 0 Å². The van der Waals surface area contributed by atoms with Gasteiger partial charge in [0, 0.05) is 11.9 Å². The molecule has 2 aromatic heterocycles. The zero-order chi connectivity index (χ0) is 16.2. The first kappa shape index (κ1) is 15.7. The van der Waals surface area contributed by atoms with Crippen LogP contribution in [0.3, 0.4) is 0 Å². The van der Waals surface area contributed by atoms with Gasteiger partial charge >= 0.3 is 0 Å². The summed E-state index contributed by atoms with van der Waals surface area (Å²) in [6.07, 6.45) is 4.73. The van der Waals surface area contributed by atoms with Gasteiger partial charge < -0.3 is 14.4 Å². The first-order chi connectivity index (χ1) is 11.2. The van der Waals surface area contributed by atoms with Gasteiger partial charge in [-0.05, 0) is 19.8 Å². The Kier molecular flexibility index (Phi) is 4.71. The van der Waals surface area contributed by atoms with E-state index in [-0.39, 0.29) is 12.0 Å². The minimum Gasteiger partial charge on any atom is -0.480 e. The molecule has 122 valence electrons. The largest absolute Gasteiger partial charge is 0.480 e. The molecule has 0 radical (unpaired) electrons. The quantitative estimate of drug-likeness (QED) is 0.850. The van der Waals surface area contributed by atoms with E-state index >= 15 is 0 Å². The second kappa shape index (κ2) is 6.91. The summed E-state index contributed by atoms with van der Waals surface area (Å²) < 4.78 is 10.9. The molecule has 1 atom stereocenters. The van der Waals surface area contributed by atoms with Gasteiger partial charge in [0.1, 0.15) is 11.8 Å². The molecule has 23 heavy (non-hydrogen) atoms. The molecule has 0 N–H and O–H groups in total. The van der Waals surface area contributed by atoms with E-state index in [1.807, 2.05) is 6.92 Å². The molecule has 7 nitrogen and oxygen atoms in total. The van der Waals surface area contributed by atoms with Crippen LogP contribution in [0.4, 0.5) is 0 Å². The summed E-state index contributed by atoms with van der Waals surface area (Å²) in [6.45, 7) is 3.14. The molecule has 1 fully saturated rings. The van der Waals surface area contributed by atoms with Crippen molar-refractivity contribution in [3.8, 4) is 11.8 Å². The second-order valence-corrected chi connectivity index (χ2v) is 6.35. The van der Waals surface area contributed by atoms with Crippen molar-refractivity contribution in [2.45, 2.75) is 25.9 Å². The number of thiazole rings is 1. The number of nitrogens with zero attached hydrogens (tertiary/aromatic N) is 4. The molecule has 3 rings (SSSR count). The number of carbonyl (C=O) groups excluding carboxylic acids is 1. The summed E-state index contributed by atoms with van der Waals surface area (Å²) in [5.41, 5.74) is 0.509. The number of hydrogen-bond donors (Lipinski definition) is 0. The fourth-order valence-electron chi connectivity index (χ4n) is 2.50. The van der Waals surface area contributed by atoms with E-state index in [0.717, 1.165) is 24.4 Å². The Morgan fingerprint density at radius 2 is 2.17 bits per heavy atom. The fraction of sp³-hybridized carbons (Fsp3) is 0.467. The van der Waals surface area contributed by atoms with E-state index in [1.165, 1.54) is 24.6 Å². The summed E-state index contributed by atoms with van der Waals surface area (Å²) in [6, 6.07) is 0.